The Balaban J connectivity index is 1.65. The molecule has 1 aliphatic heterocycles. The maximum absolute atomic E-state index is 12.7. The highest BCUT2D eigenvalue weighted by Gasteiger charge is 2.32. The molecule has 6 heteroatoms. The van der Waals surface area contributed by atoms with Gasteiger partial charge in [0.1, 0.15) is 0 Å². The molecule has 5 nitrogen and oxygen atoms in total. The zero-order valence-electron chi connectivity index (χ0n) is 15.8. The van der Waals surface area contributed by atoms with Crippen LogP contribution in [0, 0.1) is 12.8 Å². The lowest BCUT2D eigenvalue weighted by Gasteiger charge is -2.30. The molecule has 2 aromatic rings. The van der Waals surface area contributed by atoms with Crippen LogP contribution in [0.4, 0.5) is 5.69 Å². The summed E-state index contributed by atoms with van der Waals surface area (Å²) in [5.74, 6) is -0.188. The Kier molecular flexibility index (Phi) is 5.97. The van der Waals surface area contributed by atoms with Crippen molar-refractivity contribution in [3.05, 3.63) is 59.7 Å². The van der Waals surface area contributed by atoms with Crippen LogP contribution in [0.3, 0.4) is 0 Å². The van der Waals surface area contributed by atoms with Gasteiger partial charge in [-0.05, 0) is 49.4 Å². The van der Waals surface area contributed by atoms with E-state index in [0.29, 0.717) is 30.8 Å². The largest absolute Gasteiger partial charge is 0.325 e. The molecule has 144 valence electrons. The lowest BCUT2D eigenvalue weighted by molar-refractivity contribution is -0.120. The van der Waals surface area contributed by atoms with Crippen molar-refractivity contribution >= 4 is 21.6 Å². The van der Waals surface area contributed by atoms with Gasteiger partial charge in [-0.3, -0.25) is 4.79 Å². The molecule has 1 aliphatic rings. The van der Waals surface area contributed by atoms with Crippen LogP contribution < -0.4 is 5.32 Å². The number of carbonyl (C=O) groups excluding carboxylic acids is 1. The summed E-state index contributed by atoms with van der Waals surface area (Å²) in [6.45, 7) is 4.79. The number of rotatable bonds is 5. The number of para-hydroxylation sites is 1. The lowest BCUT2D eigenvalue weighted by atomic mass is 9.96. The summed E-state index contributed by atoms with van der Waals surface area (Å²) < 4.78 is 26.9. The molecule has 0 aromatic heterocycles. The Morgan fingerprint density at radius 2 is 1.74 bits per heavy atom. The van der Waals surface area contributed by atoms with E-state index in [9.17, 15) is 13.2 Å². The number of carbonyl (C=O) groups is 1. The van der Waals surface area contributed by atoms with Gasteiger partial charge in [-0.1, -0.05) is 43.3 Å². The minimum atomic E-state index is -3.49. The summed E-state index contributed by atoms with van der Waals surface area (Å²) in [6, 6.07) is 14.5. The van der Waals surface area contributed by atoms with Gasteiger partial charge >= 0.3 is 0 Å². The minimum absolute atomic E-state index is 0.0178. The van der Waals surface area contributed by atoms with Crippen molar-refractivity contribution in [1.82, 2.24) is 4.31 Å². The molecule has 0 bridgehead atoms. The van der Waals surface area contributed by atoms with Gasteiger partial charge in [0.05, 0.1) is 4.90 Å². The molecule has 1 saturated heterocycles. The van der Waals surface area contributed by atoms with Crippen molar-refractivity contribution in [3.63, 3.8) is 0 Å². The first-order chi connectivity index (χ1) is 12.9. The predicted octanol–water partition coefficient (Wildman–Crippen LogP) is 3.60. The van der Waals surface area contributed by atoms with E-state index in [1.165, 1.54) is 4.31 Å². The number of nitrogens with one attached hydrogen (secondary N) is 1. The van der Waals surface area contributed by atoms with E-state index < -0.39 is 10.0 Å². The molecule has 1 heterocycles. The number of amides is 1. The monoisotopic (exact) mass is 386 g/mol. The van der Waals surface area contributed by atoms with Crippen molar-refractivity contribution in [3.8, 4) is 0 Å². The number of sulfonamides is 1. The number of anilines is 1. The molecule has 0 atom stereocenters. The SMILES string of the molecule is CCc1cccc(C)c1NC(=O)C1CCN(S(=O)(=O)c2ccccc2)CC1. The van der Waals surface area contributed by atoms with Gasteiger partial charge in [0.2, 0.25) is 15.9 Å². The summed E-state index contributed by atoms with van der Waals surface area (Å²) in [4.78, 5) is 13.0. The highest BCUT2D eigenvalue weighted by Crippen LogP contribution is 2.27. The lowest BCUT2D eigenvalue weighted by Crippen LogP contribution is -2.41. The third kappa shape index (κ3) is 4.22. The van der Waals surface area contributed by atoms with Crippen LogP contribution in [0.15, 0.2) is 53.4 Å². The van der Waals surface area contributed by atoms with Gasteiger partial charge in [0, 0.05) is 24.7 Å². The normalized spacial score (nSPS) is 16.2. The fourth-order valence-corrected chi connectivity index (χ4v) is 5.02. The average molecular weight is 387 g/mol. The average Bonchev–Trinajstić information content (AvgIpc) is 2.70. The van der Waals surface area contributed by atoms with Gasteiger partial charge in [-0.15, -0.1) is 0 Å². The summed E-state index contributed by atoms with van der Waals surface area (Å²) in [7, 11) is -3.49. The second-order valence-corrected chi connectivity index (χ2v) is 8.88. The molecule has 27 heavy (non-hydrogen) atoms. The number of hydrogen-bond donors (Lipinski definition) is 1. The topological polar surface area (TPSA) is 66.5 Å². The zero-order valence-corrected chi connectivity index (χ0v) is 16.6. The van der Waals surface area contributed by atoms with Crippen molar-refractivity contribution in [2.75, 3.05) is 18.4 Å². The summed E-state index contributed by atoms with van der Waals surface area (Å²) in [5, 5.41) is 3.08. The fraction of sp³-hybridized carbons (Fsp3) is 0.381. The van der Waals surface area contributed by atoms with Crippen LogP contribution in [0.5, 0.6) is 0 Å². The Hall–Kier alpha value is -2.18. The second kappa shape index (κ2) is 8.23. The van der Waals surface area contributed by atoms with Crippen molar-refractivity contribution in [1.29, 1.82) is 0 Å². The van der Waals surface area contributed by atoms with Gasteiger partial charge in [0.25, 0.3) is 0 Å². The van der Waals surface area contributed by atoms with E-state index in [1.807, 2.05) is 25.1 Å². The van der Waals surface area contributed by atoms with Crippen molar-refractivity contribution in [2.24, 2.45) is 5.92 Å². The number of benzene rings is 2. The molecule has 0 spiro atoms. The third-order valence-corrected chi connectivity index (χ3v) is 7.11. The molecule has 0 saturated carbocycles. The Morgan fingerprint density at radius 1 is 1.07 bits per heavy atom. The van der Waals surface area contributed by atoms with E-state index in [1.54, 1.807) is 30.3 Å². The number of piperidine rings is 1. The Bertz CT molecular complexity index is 902. The summed E-state index contributed by atoms with van der Waals surface area (Å²) in [6.07, 6.45) is 1.92. The second-order valence-electron chi connectivity index (χ2n) is 6.94. The van der Waals surface area contributed by atoms with Gasteiger partial charge in [-0.25, -0.2) is 8.42 Å². The highest BCUT2D eigenvalue weighted by molar-refractivity contribution is 7.89. The quantitative estimate of drug-likeness (QED) is 0.854. The maximum atomic E-state index is 12.7. The van der Waals surface area contributed by atoms with Gasteiger partial charge in [0.15, 0.2) is 0 Å². The molecule has 1 fully saturated rings. The van der Waals surface area contributed by atoms with Gasteiger partial charge < -0.3 is 5.32 Å². The summed E-state index contributed by atoms with van der Waals surface area (Å²) >= 11 is 0. The molecule has 0 aliphatic carbocycles. The highest BCUT2D eigenvalue weighted by atomic mass is 32.2. The van der Waals surface area contributed by atoms with Crippen molar-refractivity contribution < 1.29 is 13.2 Å². The zero-order chi connectivity index (χ0) is 19.4. The van der Waals surface area contributed by atoms with E-state index >= 15 is 0 Å². The molecular weight excluding hydrogens is 360 g/mol. The molecule has 0 unspecified atom stereocenters. The third-order valence-electron chi connectivity index (χ3n) is 5.19. The first kappa shape index (κ1) is 19.6. The van der Waals surface area contributed by atoms with E-state index in [0.717, 1.165) is 23.2 Å². The Labute approximate surface area is 161 Å². The minimum Gasteiger partial charge on any atom is -0.325 e. The Morgan fingerprint density at radius 3 is 2.37 bits per heavy atom. The fourth-order valence-electron chi connectivity index (χ4n) is 3.53. The first-order valence-corrected chi connectivity index (χ1v) is 10.8. The number of aryl methyl sites for hydroxylation is 2. The standard InChI is InChI=1S/C21H26N2O3S/c1-3-17-9-7-8-16(2)20(17)22-21(24)18-12-14-23(15-13-18)27(25,26)19-10-5-4-6-11-19/h4-11,18H,3,12-15H2,1-2H3,(H,22,24). The molecule has 1 N–H and O–H groups in total. The molecule has 1 amide bonds. The molecule has 2 aromatic carbocycles. The van der Waals surface area contributed by atoms with E-state index in [2.05, 4.69) is 12.2 Å². The first-order valence-electron chi connectivity index (χ1n) is 9.38. The van der Waals surface area contributed by atoms with Crippen LogP contribution in [0.1, 0.15) is 30.9 Å². The molecule has 0 radical (unpaired) electrons. The van der Waals surface area contributed by atoms with Crippen LogP contribution >= 0.6 is 0 Å². The van der Waals surface area contributed by atoms with Crippen LogP contribution in [-0.2, 0) is 21.2 Å². The molecule has 3 rings (SSSR count). The van der Waals surface area contributed by atoms with Crippen molar-refractivity contribution in [2.45, 2.75) is 38.0 Å². The van der Waals surface area contributed by atoms with E-state index in [-0.39, 0.29) is 11.8 Å². The van der Waals surface area contributed by atoms with Crippen LogP contribution in [0.25, 0.3) is 0 Å². The van der Waals surface area contributed by atoms with Gasteiger partial charge in [-0.2, -0.15) is 4.31 Å². The molecular formula is C21H26N2O3S. The summed E-state index contributed by atoms with van der Waals surface area (Å²) in [5.41, 5.74) is 3.06. The van der Waals surface area contributed by atoms with E-state index in [4.69, 9.17) is 0 Å². The predicted molar refractivity (Wildman–Crippen MR) is 107 cm³/mol. The maximum Gasteiger partial charge on any atom is 0.243 e. The van der Waals surface area contributed by atoms with Crippen LogP contribution in [0.2, 0.25) is 0 Å². The number of hydrogen-bond acceptors (Lipinski definition) is 3. The van der Waals surface area contributed by atoms with Crippen LogP contribution in [-0.4, -0.2) is 31.7 Å². The smallest absolute Gasteiger partial charge is 0.243 e. The number of nitrogens with zero attached hydrogens (tertiary/aromatic N) is 1.